The number of carboxylic acids is 1. The van der Waals surface area contributed by atoms with Gasteiger partial charge in [0.1, 0.15) is 11.6 Å². The molecule has 0 aliphatic heterocycles. The van der Waals surface area contributed by atoms with Gasteiger partial charge in [-0.15, -0.1) is 0 Å². The molecule has 6 nitrogen and oxygen atoms in total. The van der Waals surface area contributed by atoms with Gasteiger partial charge in [0.05, 0.1) is 11.6 Å². The van der Waals surface area contributed by atoms with Crippen LogP contribution in [0.3, 0.4) is 0 Å². The van der Waals surface area contributed by atoms with E-state index in [0.717, 1.165) is 17.8 Å². The number of ketones is 1. The molecule has 0 bridgehead atoms. The maximum atomic E-state index is 14.0. The number of nitrogens with one attached hydrogen (secondary N) is 1. The molecule has 0 heterocycles. The third-order valence-corrected chi connectivity index (χ3v) is 5.07. The molecule has 30 heavy (non-hydrogen) atoms. The molecule has 0 aromatic heterocycles. The number of hydrogen-bond acceptors (Lipinski definition) is 5. The highest BCUT2D eigenvalue weighted by molar-refractivity contribution is 8.13. The molecule has 2 rings (SSSR count). The molecule has 2 N–H and O–H groups in total. The monoisotopic (exact) mass is 435 g/mol. The van der Waals surface area contributed by atoms with E-state index in [1.807, 2.05) is 0 Å². The van der Waals surface area contributed by atoms with E-state index in [2.05, 4.69) is 5.32 Å². The first-order valence-corrected chi connectivity index (χ1v) is 9.82. The number of rotatable bonds is 8. The Kier molecular flexibility index (Phi) is 7.82. The molecule has 2 aromatic carbocycles. The normalized spacial score (nSPS) is 11.6. The van der Waals surface area contributed by atoms with E-state index in [1.165, 1.54) is 38.1 Å². The lowest BCUT2D eigenvalue weighted by atomic mass is 9.95. The summed E-state index contributed by atoms with van der Waals surface area (Å²) in [5.41, 5.74) is 0.185. The summed E-state index contributed by atoms with van der Waals surface area (Å²) in [6.07, 6.45) is -0.308. The molecular formula is C21H19F2NO5S. The van der Waals surface area contributed by atoms with Crippen molar-refractivity contribution < 1.29 is 33.1 Å². The largest absolute Gasteiger partial charge is 0.478 e. The number of hydrogen-bond donors (Lipinski definition) is 2. The van der Waals surface area contributed by atoms with Crippen molar-refractivity contribution in [3.8, 4) is 11.1 Å². The van der Waals surface area contributed by atoms with Crippen LogP contribution in [0, 0.1) is 11.6 Å². The summed E-state index contributed by atoms with van der Waals surface area (Å²) in [4.78, 5) is 46.9. The maximum Gasteiger partial charge on any atom is 0.335 e. The average Bonchev–Trinajstić information content (AvgIpc) is 2.65. The molecule has 0 unspecified atom stereocenters. The summed E-state index contributed by atoms with van der Waals surface area (Å²) < 4.78 is 27.2. The number of benzene rings is 2. The van der Waals surface area contributed by atoms with Gasteiger partial charge >= 0.3 is 5.97 Å². The maximum absolute atomic E-state index is 14.0. The third-order valence-electron chi connectivity index (χ3n) is 4.17. The highest BCUT2D eigenvalue weighted by Gasteiger charge is 2.23. The lowest BCUT2D eigenvalue weighted by Crippen LogP contribution is -2.42. The van der Waals surface area contributed by atoms with Crippen LogP contribution in [0.5, 0.6) is 0 Å². The molecule has 0 fully saturated rings. The van der Waals surface area contributed by atoms with Crippen molar-refractivity contribution in [3.63, 3.8) is 0 Å². The Labute approximate surface area is 175 Å². The third kappa shape index (κ3) is 6.21. The smallest absolute Gasteiger partial charge is 0.335 e. The second-order valence-electron chi connectivity index (χ2n) is 6.50. The van der Waals surface area contributed by atoms with Crippen LogP contribution >= 0.6 is 11.8 Å². The van der Waals surface area contributed by atoms with Crippen molar-refractivity contribution in [3.05, 3.63) is 59.2 Å². The van der Waals surface area contributed by atoms with Crippen molar-refractivity contribution in [1.82, 2.24) is 5.32 Å². The Morgan fingerprint density at radius 2 is 1.77 bits per heavy atom. The summed E-state index contributed by atoms with van der Waals surface area (Å²) in [7, 11) is 0. The number of carboxylic acid groups (broad SMARTS) is 1. The number of carbonyl (C=O) groups excluding carboxylic acids is 3. The van der Waals surface area contributed by atoms with E-state index in [0.29, 0.717) is 6.07 Å². The van der Waals surface area contributed by atoms with Gasteiger partial charge in [-0.2, -0.15) is 0 Å². The lowest BCUT2D eigenvalue weighted by Gasteiger charge is -2.17. The Hall–Kier alpha value is -3.07. The van der Waals surface area contributed by atoms with Gasteiger partial charge in [-0.1, -0.05) is 23.9 Å². The van der Waals surface area contributed by atoms with E-state index in [4.69, 9.17) is 0 Å². The van der Waals surface area contributed by atoms with E-state index in [-0.39, 0.29) is 39.5 Å². The van der Waals surface area contributed by atoms with Gasteiger partial charge in [0, 0.05) is 37.7 Å². The topological polar surface area (TPSA) is 101 Å². The molecule has 9 heteroatoms. The molecule has 1 amide bonds. The van der Waals surface area contributed by atoms with Gasteiger partial charge in [-0.25, -0.2) is 13.6 Å². The molecule has 0 radical (unpaired) electrons. The van der Waals surface area contributed by atoms with Crippen LogP contribution in [0.25, 0.3) is 11.1 Å². The summed E-state index contributed by atoms with van der Waals surface area (Å²) >= 11 is 0.870. The highest BCUT2D eigenvalue weighted by Crippen LogP contribution is 2.26. The van der Waals surface area contributed by atoms with E-state index >= 15 is 0 Å². The zero-order chi connectivity index (χ0) is 22.4. The molecule has 158 valence electrons. The number of Topliss-reactive ketones (excluding diaryl/α,β-unsaturated/α-hetero) is 1. The molecular weight excluding hydrogens is 416 g/mol. The second kappa shape index (κ2) is 10.1. The molecule has 2 aromatic rings. The quantitative estimate of drug-likeness (QED) is 0.660. The minimum Gasteiger partial charge on any atom is -0.478 e. The molecule has 0 aliphatic rings. The Balaban J connectivity index is 2.33. The van der Waals surface area contributed by atoms with Gasteiger partial charge in [0.2, 0.25) is 5.91 Å². The van der Waals surface area contributed by atoms with Crippen molar-refractivity contribution in [2.75, 3.05) is 5.75 Å². The summed E-state index contributed by atoms with van der Waals surface area (Å²) in [6, 6.07) is 6.00. The van der Waals surface area contributed by atoms with Crippen LogP contribution in [-0.2, 0) is 20.8 Å². The predicted molar refractivity (Wildman–Crippen MR) is 108 cm³/mol. The summed E-state index contributed by atoms with van der Waals surface area (Å²) in [5, 5.41) is 11.8. The average molecular weight is 435 g/mol. The van der Waals surface area contributed by atoms with Crippen LogP contribution in [0.1, 0.15) is 29.8 Å². The van der Waals surface area contributed by atoms with Crippen molar-refractivity contribution in [2.24, 2.45) is 0 Å². The first kappa shape index (κ1) is 23.2. The number of aromatic carboxylic acids is 1. The Bertz CT molecular complexity index is 1010. The Morgan fingerprint density at radius 3 is 2.33 bits per heavy atom. The molecule has 0 aliphatic carbocycles. The van der Waals surface area contributed by atoms with Crippen molar-refractivity contribution in [1.29, 1.82) is 0 Å². The zero-order valence-corrected chi connectivity index (χ0v) is 17.0. The van der Waals surface area contributed by atoms with Gasteiger partial charge in [-0.3, -0.25) is 14.4 Å². The number of amides is 1. The predicted octanol–water partition coefficient (Wildman–Crippen LogP) is 3.23. The van der Waals surface area contributed by atoms with Gasteiger partial charge < -0.3 is 10.4 Å². The van der Waals surface area contributed by atoms with Crippen LogP contribution in [0.2, 0.25) is 0 Å². The molecule has 0 spiro atoms. The van der Waals surface area contributed by atoms with Crippen molar-refractivity contribution in [2.45, 2.75) is 26.3 Å². The highest BCUT2D eigenvalue weighted by atomic mass is 32.2. The first-order chi connectivity index (χ1) is 14.1. The number of thioether (sulfide) groups is 1. The SMILES string of the molecule is CC(=O)N[C@@H](CSC(C)=O)C(=O)Cc1ccc(-c2ccc(F)cc2F)cc1C(=O)O. The Morgan fingerprint density at radius 1 is 1.07 bits per heavy atom. The number of carbonyl (C=O) groups is 4. The fourth-order valence-electron chi connectivity index (χ4n) is 2.79. The van der Waals surface area contributed by atoms with E-state index in [9.17, 15) is 33.1 Å². The minimum absolute atomic E-state index is 0.0192. The molecule has 1 atom stereocenters. The first-order valence-electron chi connectivity index (χ1n) is 8.83. The standard InChI is InChI=1S/C21H19F2NO5S/c1-11(25)24-19(10-30-12(2)26)20(27)8-14-4-3-13(7-17(14)21(28)29)16-6-5-15(22)9-18(16)23/h3-7,9,19H,8,10H2,1-2H3,(H,24,25)(H,28,29)/t19-/m0/s1. The van der Waals surface area contributed by atoms with Gasteiger partial charge in [-0.05, 0) is 29.3 Å². The lowest BCUT2D eigenvalue weighted by molar-refractivity contribution is -0.125. The molecule has 0 saturated heterocycles. The second-order valence-corrected chi connectivity index (χ2v) is 7.70. The van der Waals surface area contributed by atoms with E-state index in [1.54, 1.807) is 0 Å². The van der Waals surface area contributed by atoms with Crippen LogP contribution in [0.15, 0.2) is 36.4 Å². The summed E-state index contributed by atoms with van der Waals surface area (Å²) in [5.74, 6) is -3.84. The van der Waals surface area contributed by atoms with Gasteiger partial charge in [0.15, 0.2) is 10.9 Å². The van der Waals surface area contributed by atoms with Gasteiger partial charge in [0.25, 0.3) is 0 Å². The summed E-state index contributed by atoms with van der Waals surface area (Å²) in [6.45, 7) is 2.56. The van der Waals surface area contributed by atoms with Crippen molar-refractivity contribution >= 4 is 34.5 Å². The molecule has 0 saturated carbocycles. The zero-order valence-electron chi connectivity index (χ0n) is 16.2. The fourth-order valence-corrected chi connectivity index (χ4v) is 3.46. The van der Waals surface area contributed by atoms with Crippen LogP contribution in [-0.4, -0.2) is 39.7 Å². The van der Waals surface area contributed by atoms with Crippen LogP contribution in [0.4, 0.5) is 8.78 Å². The van der Waals surface area contributed by atoms with E-state index < -0.39 is 35.3 Å². The minimum atomic E-state index is -1.32. The number of halogens is 2. The fraction of sp³-hybridized carbons (Fsp3) is 0.238. The van der Waals surface area contributed by atoms with Crippen LogP contribution < -0.4 is 5.32 Å².